The first kappa shape index (κ1) is 25.2. The molecule has 2 unspecified atom stereocenters. The average Bonchev–Trinajstić information content (AvgIpc) is 3.13. The van der Waals surface area contributed by atoms with E-state index in [0.29, 0.717) is 24.2 Å². The van der Waals surface area contributed by atoms with Gasteiger partial charge >= 0.3 is 5.97 Å². The fourth-order valence-electron chi connectivity index (χ4n) is 4.28. The summed E-state index contributed by atoms with van der Waals surface area (Å²) in [6.07, 6.45) is 4.45. The Labute approximate surface area is 197 Å². The Bertz CT molecular complexity index is 932. The zero-order valence-electron chi connectivity index (χ0n) is 20.6. The van der Waals surface area contributed by atoms with E-state index in [1.165, 1.54) is 5.56 Å². The number of aryl methyl sites for hydroxylation is 2. The monoisotopic (exact) mass is 454 g/mol. The molecule has 1 heterocycles. The maximum atomic E-state index is 12.4. The van der Waals surface area contributed by atoms with E-state index in [0.717, 1.165) is 49.2 Å². The lowest BCUT2D eigenvalue weighted by atomic mass is 9.86. The van der Waals surface area contributed by atoms with Gasteiger partial charge in [-0.25, -0.2) is 9.78 Å². The number of allylic oxidation sites excluding steroid dienone is 1. The molecule has 180 valence electrons. The van der Waals surface area contributed by atoms with Crippen LogP contribution in [0.4, 0.5) is 0 Å². The number of rotatable bonds is 10. The first-order valence-electron chi connectivity index (χ1n) is 12.0. The molecule has 3 atom stereocenters. The molecule has 6 heteroatoms. The van der Waals surface area contributed by atoms with Gasteiger partial charge in [0.15, 0.2) is 0 Å². The van der Waals surface area contributed by atoms with Gasteiger partial charge in [0, 0.05) is 5.56 Å². The Morgan fingerprint density at radius 1 is 1.24 bits per heavy atom. The van der Waals surface area contributed by atoms with Crippen molar-refractivity contribution < 1.29 is 18.7 Å². The number of benzene rings is 1. The van der Waals surface area contributed by atoms with Crippen LogP contribution in [0.2, 0.25) is 0 Å². The van der Waals surface area contributed by atoms with Crippen LogP contribution in [0.5, 0.6) is 0 Å². The number of nitrogens with zero attached hydrogens (tertiary/aromatic N) is 1. The van der Waals surface area contributed by atoms with E-state index in [9.17, 15) is 4.79 Å². The second kappa shape index (κ2) is 11.6. The van der Waals surface area contributed by atoms with Gasteiger partial charge < -0.3 is 19.2 Å². The Morgan fingerprint density at radius 3 is 2.64 bits per heavy atom. The van der Waals surface area contributed by atoms with Gasteiger partial charge in [0.2, 0.25) is 5.89 Å². The van der Waals surface area contributed by atoms with Crippen LogP contribution in [0, 0.1) is 25.7 Å². The smallest absolute Gasteiger partial charge is 0.328 e. The minimum atomic E-state index is -0.332. The maximum Gasteiger partial charge on any atom is 0.328 e. The lowest BCUT2D eigenvalue weighted by Gasteiger charge is -2.31. The second-order valence-corrected chi connectivity index (χ2v) is 9.61. The second-order valence-electron chi connectivity index (χ2n) is 9.61. The molecule has 3 rings (SSSR count). The van der Waals surface area contributed by atoms with Gasteiger partial charge in [-0.2, -0.15) is 0 Å². The first-order valence-corrected chi connectivity index (χ1v) is 12.0. The molecule has 1 saturated carbocycles. The molecule has 2 aromatic rings. The predicted molar refractivity (Wildman–Crippen MR) is 129 cm³/mol. The highest BCUT2D eigenvalue weighted by Gasteiger charge is 2.28. The molecule has 0 bridgehead atoms. The average molecular weight is 455 g/mol. The number of ether oxygens (including phenoxy) is 2. The molecule has 1 aromatic carbocycles. The third kappa shape index (κ3) is 7.27. The number of carbonyl (C=O) groups excluding carboxylic acids is 1. The molecule has 6 nitrogen and oxygen atoms in total. The molecular weight excluding hydrogens is 416 g/mol. The van der Waals surface area contributed by atoms with Crippen LogP contribution in [0.1, 0.15) is 63.5 Å². The van der Waals surface area contributed by atoms with Crippen LogP contribution in [0.3, 0.4) is 0 Å². The number of esters is 1. The summed E-state index contributed by atoms with van der Waals surface area (Å²) in [7, 11) is 0. The fraction of sp³-hybridized carbons (Fsp3) is 0.556. The minimum absolute atomic E-state index is 0.144. The summed E-state index contributed by atoms with van der Waals surface area (Å²) in [4.78, 5) is 17.0. The Morgan fingerprint density at radius 2 is 1.97 bits per heavy atom. The van der Waals surface area contributed by atoms with Crippen molar-refractivity contribution in [1.82, 2.24) is 10.3 Å². The molecule has 1 aliphatic carbocycles. The van der Waals surface area contributed by atoms with Gasteiger partial charge in [0.1, 0.15) is 17.5 Å². The SMILES string of the molecule is C=C(C)OC(=O)[C@@H](NCC1CCCC(OCc2nc(-c3ccc(C)cc3)oc2C)C1)C(C)C. The summed E-state index contributed by atoms with van der Waals surface area (Å²) in [5.74, 6) is 2.21. The number of nitrogens with one attached hydrogen (secondary N) is 1. The molecule has 0 aliphatic heterocycles. The molecule has 1 aliphatic rings. The lowest BCUT2D eigenvalue weighted by Crippen LogP contribution is -2.44. The molecule has 1 aromatic heterocycles. The maximum absolute atomic E-state index is 12.4. The topological polar surface area (TPSA) is 73.6 Å². The third-order valence-electron chi connectivity index (χ3n) is 6.20. The van der Waals surface area contributed by atoms with E-state index in [-0.39, 0.29) is 24.0 Å². The Kier molecular flexibility index (Phi) is 8.87. The van der Waals surface area contributed by atoms with Crippen molar-refractivity contribution in [3.63, 3.8) is 0 Å². The molecule has 33 heavy (non-hydrogen) atoms. The third-order valence-corrected chi connectivity index (χ3v) is 6.20. The number of hydrogen-bond donors (Lipinski definition) is 1. The van der Waals surface area contributed by atoms with Crippen molar-refractivity contribution in [3.8, 4) is 11.5 Å². The van der Waals surface area contributed by atoms with Gasteiger partial charge in [0.25, 0.3) is 0 Å². The normalized spacial score (nSPS) is 19.5. The van der Waals surface area contributed by atoms with E-state index in [1.54, 1.807) is 6.92 Å². The van der Waals surface area contributed by atoms with Crippen molar-refractivity contribution in [2.24, 2.45) is 11.8 Å². The number of aromatic nitrogens is 1. The van der Waals surface area contributed by atoms with Crippen LogP contribution in [0.25, 0.3) is 11.5 Å². The van der Waals surface area contributed by atoms with Crippen molar-refractivity contribution >= 4 is 5.97 Å². The van der Waals surface area contributed by atoms with Crippen LogP contribution in [-0.2, 0) is 20.9 Å². The van der Waals surface area contributed by atoms with E-state index >= 15 is 0 Å². The Balaban J connectivity index is 1.51. The molecule has 0 amide bonds. The van der Waals surface area contributed by atoms with E-state index in [4.69, 9.17) is 13.9 Å². The fourth-order valence-corrected chi connectivity index (χ4v) is 4.28. The number of carbonyl (C=O) groups is 1. The largest absolute Gasteiger partial charge is 0.441 e. The highest BCUT2D eigenvalue weighted by Crippen LogP contribution is 2.28. The zero-order chi connectivity index (χ0) is 24.0. The van der Waals surface area contributed by atoms with Crippen LogP contribution >= 0.6 is 0 Å². The Hall–Kier alpha value is -2.44. The molecule has 1 fully saturated rings. The van der Waals surface area contributed by atoms with Gasteiger partial charge in [-0.1, -0.05) is 44.5 Å². The van der Waals surface area contributed by atoms with Crippen molar-refractivity contribution in [3.05, 3.63) is 53.6 Å². The summed E-state index contributed by atoms with van der Waals surface area (Å²) in [6.45, 7) is 14.6. The predicted octanol–water partition coefficient (Wildman–Crippen LogP) is 5.72. The van der Waals surface area contributed by atoms with Crippen molar-refractivity contribution in [2.45, 2.75) is 79.1 Å². The number of hydrogen-bond acceptors (Lipinski definition) is 6. The summed E-state index contributed by atoms with van der Waals surface area (Å²) in [5, 5.41) is 3.42. The molecule has 0 saturated heterocycles. The summed E-state index contributed by atoms with van der Waals surface area (Å²) < 4.78 is 17.4. The molecule has 0 spiro atoms. The molecular formula is C27H38N2O4. The summed E-state index contributed by atoms with van der Waals surface area (Å²) in [6, 6.07) is 7.84. The zero-order valence-corrected chi connectivity index (χ0v) is 20.6. The lowest BCUT2D eigenvalue weighted by molar-refractivity contribution is -0.143. The summed E-state index contributed by atoms with van der Waals surface area (Å²) in [5.41, 5.74) is 3.04. The highest BCUT2D eigenvalue weighted by atomic mass is 16.5. The quantitative estimate of drug-likeness (QED) is 0.365. The van der Waals surface area contributed by atoms with Gasteiger partial charge in [-0.05, 0) is 70.5 Å². The van der Waals surface area contributed by atoms with E-state index in [1.807, 2.05) is 32.9 Å². The standard InChI is InChI=1S/C27H38N2O4/c1-17(2)25(27(30)32-18(3)4)28-15-21-8-7-9-23(14-21)31-16-24-20(6)33-26(29-24)22-12-10-19(5)11-13-22/h10-13,17,21,23,25,28H,3,7-9,14-16H2,1-2,4-6H3/t21?,23?,25-/m0/s1. The van der Waals surface area contributed by atoms with Gasteiger partial charge in [-0.3, -0.25) is 0 Å². The van der Waals surface area contributed by atoms with Crippen LogP contribution in [-0.4, -0.2) is 29.6 Å². The van der Waals surface area contributed by atoms with E-state index < -0.39 is 0 Å². The van der Waals surface area contributed by atoms with Gasteiger partial charge in [0.05, 0.1) is 18.5 Å². The van der Waals surface area contributed by atoms with Crippen molar-refractivity contribution in [2.75, 3.05) is 6.54 Å². The van der Waals surface area contributed by atoms with Crippen molar-refractivity contribution in [1.29, 1.82) is 0 Å². The van der Waals surface area contributed by atoms with Gasteiger partial charge in [-0.15, -0.1) is 0 Å². The van der Waals surface area contributed by atoms with E-state index in [2.05, 4.69) is 35.9 Å². The highest BCUT2D eigenvalue weighted by molar-refractivity contribution is 5.77. The minimum Gasteiger partial charge on any atom is -0.441 e. The van der Waals surface area contributed by atoms with Crippen LogP contribution in [0.15, 0.2) is 41.0 Å². The molecule has 1 N–H and O–H groups in total. The number of oxazole rings is 1. The molecule has 0 radical (unpaired) electrons. The first-order chi connectivity index (χ1) is 15.7. The summed E-state index contributed by atoms with van der Waals surface area (Å²) >= 11 is 0. The van der Waals surface area contributed by atoms with Crippen LogP contribution < -0.4 is 5.32 Å².